The number of aliphatic hydroxyl groups excluding tert-OH is 1. The Hall–Kier alpha value is -2.91. The highest BCUT2D eigenvalue weighted by Crippen LogP contribution is 2.12. The molecule has 0 spiro atoms. The Bertz CT molecular complexity index is 719. The molecular weight excluding hydrogens is 304 g/mol. The SMILES string of the molecule is CCC(CO)NC(=O)c1ccc(NCc2cncc(C#N)c2)cc1. The van der Waals surface area contributed by atoms with Gasteiger partial charge in [0.1, 0.15) is 6.07 Å². The number of nitrogens with one attached hydrogen (secondary N) is 2. The number of hydrogen-bond donors (Lipinski definition) is 3. The topological polar surface area (TPSA) is 98.0 Å². The van der Waals surface area contributed by atoms with E-state index >= 15 is 0 Å². The van der Waals surface area contributed by atoms with E-state index in [2.05, 4.69) is 21.7 Å². The van der Waals surface area contributed by atoms with E-state index in [1.807, 2.05) is 19.1 Å². The molecule has 0 radical (unpaired) electrons. The third-order valence-corrected chi connectivity index (χ3v) is 3.62. The van der Waals surface area contributed by atoms with Crippen molar-refractivity contribution >= 4 is 11.6 Å². The van der Waals surface area contributed by atoms with Gasteiger partial charge in [-0.1, -0.05) is 6.92 Å². The Balaban J connectivity index is 1.94. The predicted molar refractivity (Wildman–Crippen MR) is 91.4 cm³/mol. The monoisotopic (exact) mass is 324 g/mol. The minimum atomic E-state index is -0.227. The molecule has 124 valence electrons. The first-order valence-electron chi connectivity index (χ1n) is 7.76. The lowest BCUT2D eigenvalue weighted by atomic mass is 10.1. The van der Waals surface area contributed by atoms with Gasteiger partial charge in [-0.3, -0.25) is 9.78 Å². The van der Waals surface area contributed by atoms with Crippen LogP contribution in [-0.4, -0.2) is 28.6 Å². The van der Waals surface area contributed by atoms with Crippen molar-refractivity contribution in [1.82, 2.24) is 10.3 Å². The second-order valence-corrected chi connectivity index (χ2v) is 5.39. The summed E-state index contributed by atoms with van der Waals surface area (Å²) < 4.78 is 0. The molecule has 24 heavy (non-hydrogen) atoms. The fourth-order valence-electron chi connectivity index (χ4n) is 2.13. The highest BCUT2D eigenvalue weighted by molar-refractivity contribution is 5.94. The molecule has 0 aliphatic carbocycles. The number of carbonyl (C=O) groups is 1. The quantitative estimate of drug-likeness (QED) is 0.724. The smallest absolute Gasteiger partial charge is 0.251 e. The van der Waals surface area contributed by atoms with Gasteiger partial charge in [0.15, 0.2) is 0 Å². The molecule has 3 N–H and O–H groups in total. The summed E-state index contributed by atoms with van der Waals surface area (Å²) in [6.07, 6.45) is 3.90. The average Bonchev–Trinajstić information content (AvgIpc) is 2.64. The van der Waals surface area contributed by atoms with Crippen molar-refractivity contribution in [3.8, 4) is 6.07 Å². The molecule has 0 saturated heterocycles. The molecule has 0 saturated carbocycles. The van der Waals surface area contributed by atoms with E-state index in [9.17, 15) is 4.79 Å². The maximum Gasteiger partial charge on any atom is 0.251 e. The zero-order valence-corrected chi connectivity index (χ0v) is 13.5. The molecule has 0 bridgehead atoms. The number of nitriles is 1. The highest BCUT2D eigenvalue weighted by atomic mass is 16.3. The number of benzene rings is 1. The fourth-order valence-corrected chi connectivity index (χ4v) is 2.13. The van der Waals surface area contributed by atoms with Crippen LogP contribution < -0.4 is 10.6 Å². The number of anilines is 1. The van der Waals surface area contributed by atoms with Gasteiger partial charge in [-0.05, 0) is 42.3 Å². The molecule has 0 aliphatic heterocycles. The van der Waals surface area contributed by atoms with E-state index in [0.29, 0.717) is 24.1 Å². The Morgan fingerprint density at radius 2 is 2.08 bits per heavy atom. The number of pyridine rings is 1. The first-order valence-corrected chi connectivity index (χ1v) is 7.76. The predicted octanol–water partition coefficient (Wildman–Crippen LogP) is 2.07. The molecule has 1 atom stereocenters. The largest absolute Gasteiger partial charge is 0.394 e. The summed E-state index contributed by atoms with van der Waals surface area (Å²) in [5.41, 5.74) is 2.84. The van der Waals surface area contributed by atoms with E-state index < -0.39 is 0 Å². The van der Waals surface area contributed by atoms with Gasteiger partial charge in [0.25, 0.3) is 5.91 Å². The van der Waals surface area contributed by atoms with Gasteiger partial charge < -0.3 is 15.7 Å². The lowest BCUT2D eigenvalue weighted by Gasteiger charge is -2.14. The Morgan fingerprint density at radius 1 is 1.33 bits per heavy atom. The van der Waals surface area contributed by atoms with Gasteiger partial charge in [0.2, 0.25) is 0 Å². The molecule has 0 fully saturated rings. The summed E-state index contributed by atoms with van der Waals surface area (Å²) in [5, 5.41) is 24.0. The number of carbonyl (C=O) groups excluding carboxylic acids is 1. The van der Waals surface area contributed by atoms with E-state index in [1.165, 1.54) is 6.20 Å². The third-order valence-electron chi connectivity index (χ3n) is 3.62. The minimum absolute atomic E-state index is 0.0718. The summed E-state index contributed by atoms with van der Waals surface area (Å²) in [6.45, 7) is 2.37. The van der Waals surface area contributed by atoms with Crippen molar-refractivity contribution < 1.29 is 9.90 Å². The van der Waals surface area contributed by atoms with Crippen LogP contribution >= 0.6 is 0 Å². The summed E-state index contributed by atoms with van der Waals surface area (Å²) in [5.74, 6) is -0.201. The van der Waals surface area contributed by atoms with Gasteiger partial charge in [-0.15, -0.1) is 0 Å². The Morgan fingerprint density at radius 3 is 2.71 bits per heavy atom. The Kier molecular flexibility index (Phi) is 6.29. The van der Waals surface area contributed by atoms with Crippen molar-refractivity contribution in [1.29, 1.82) is 5.26 Å². The Labute approximate surface area is 141 Å². The van der Waals surface area contributed by atoms with Crippen molar-refractivity contribution in [2.75, 3.05) is 11.9 Å². The van der Waals surface area contributed by atoms with Gasteiger partial charge in [0, 0.05) is 30.2 Å². The van der Waals surface area contributed by atoms with Crippen LogP contribution in [0.15, 0.2) is 42.7 Å². The number of amides is 1. The molecule has 1 amide bonds. The first kappa shape index (κ1) is 17.4. The molecule has 6 heteroatoms. The summed E-state index contributed by atoms with van der Waals surface area (Å²) in [4.78, 5) is 16.1. The maximum absolute atomic E-state index is 12.1. The van der Waals surface area contributed by atoms with Gasteiger partial charge in [-0.25, -0.2) is 0 Å². The van der Waals surface area contributed by atoms with Crippen molar-refractivity contribution in [2.45, 2.75) is 25.9 Å². The summed E-state index contributed by atoms with van der Waals surface area (Å²) in [6, 6.07) is 10.7. The van der Waals surface area contributed by atoms with Crippen LogP contribution in [0.2, 0.25) is 0 Å². The number of aromatic nitrogens is 1. The molecule has 1 aromatic heterocycles. The molecule has 1 heterocycles. The van der Waals surface area contributed by atoms with Crippen LogP contribution in [0.1, 0.15) is 34.8 Å². The second kappa shape index (κ2) is 8.65. The van der Waals surface area contributed by atoms with Crippen molar-refractivity contribution in [2.24, 2.45) is 0 Å². The summed E-state index contributed by atoms with van der Waals surface area (Å²) >= 11 is 0. The second-order valence-electron chi connectivity index (χ2n) is 5.39. The number of nitrogens with zero attached hydrogens (tertiary/aromatic N) is 2. The number of hydrogen-bond acceptors (Lipinski definition) is 5. The minimum Gasteiger partial charge on any atom is -0.394 e. The van der Waals surface area contributed by atoms with Crippen LogP contribution in [-0.2, 0) is 6.54 Å². The molecule has 1 unspecified atom stereocenters. The lowest BCUT2D eigenvalue weighted by Crippen LogP contribution is -2.36. The van der Waals surface area contributed by atoms with Crippen LogP contribution in [0, 0.1) is 11.3 Å². The first-order chi connectivity index (χ1) is 11.7. The van der Waals surface area contributed by atoms with E-state index in [4.69, 9.17) is 10.4 Å². The van der Waals surface area contributed by atoms with Crippen molar-refractivity contribution in [3.05, 3.63) is 59.4 Å². The van der Waals surface area contributed by atoms with Crippen LogP contribution in [0.25, 0.3) is 0 Å². The fraction of sp³-hybridized carbons (Fsp3) is 0.278. The summed E-state index contributed by atoms with van der Waals surface area (Å²) in [7, 11) is 0. The zero-order chi connectivity index (χ0) is 17.4. The average molecular weight is 324 g/mol. The van der Waals surface area contributed by atoms with Gasteiger partial charge in [-0.2, -0.15) is 5.26 Å². The highest BCUT2D eigenvalue weighted by Gasteiger charge is 2.11. The standard InChI is InChI=1S/C18H20N4O2/c1-2-16(12-23)22-18(24)15-3-5-17(6-4-15)21-11-14-7-13(8-19)9-20-10-14/h3-7,9-10,16,21,23H,2,11-12H2,1H3,(H,22,24). The molecule has 6 nitrogen and oxygen atoms in total. The van der Waals surface area contributed by atoms with Gasteiger partial charge in [0.05, 0.1) is 18.2 Å². The normalized spacial score (nSPS) is 11.4. The third kappa shape index (κ3) is 4.80. The van der Waals surface area contributed by atoms with E-state index in [0.717, 1.165) is 11.3 Å². The molecule has 1 aromatic carbocycles. The number of aliphatic hydroxyl groups is 1. The lowest BCUT2D eigenvalue weighted by molar-refractivity contribution is 0.0915. The molecule has 2 rings (SSSR count). The molecule has 2 aromatic rings. The van der Waals surface area contributed by atoms with Gasteiger partial charge >= 0.3 is 0 Å². The zero-order valence-electron chi connectivity index (χ0n) is 13.5. The van der Waals surface area contributed by atoms with Crippen LogP contribution in [0.5, 0.6) is 0 Å². The van der Waals surface area contributed by atoms with E-state index in [1.54, 1.807) is 24.4 Å². The molecular formula is C18H20N4O2. The number of rotatable bonds is 7. The molecule has 0 aliphatic rings. The van der Waals surface area contributed by atoms with Crippen molar-refractivity contribution in [3.63, 3.8) is 0 Å². The van der Waals surface area contributed by atoms with Crippen LogP contribution in [0.4, 0.5) is 5.69 Å². The van der Waals surface area contributed by atoms with Crippen LogP contribution in [0.3, 0.4) is 0 Å². The van der Waals surface area contributed by atoms with E-state index in [-0.39, 0.29) is 18.6 Å². The maximum atomic E-state index is 12.1.